The van der Waals surface area contributed by atoms with Crippen LogP contribution in [0.3, 0.4) is 0 Å². The molecule has 3 rings (SSSR count). The highest BCUT2D eigenvalue weighted by atomic mass is 32.2. The molecule has 1 fully saturated rings. The van der Waals surface area contributed by atoms with E-state index in [-0.39, 0.29) is 29.2 Å². The van der Waals surface area contributed by atoms with Gasteiger partial charge in [-0.2, -0.15) is 0 Å². The number of carbonyl (C=O) groups excluding carboxylic acids is 1. The summed E-state index contributed by atoms with van der Waals surface area (Å²) >= 11 is 2.95. The predicted molar refractivity (Wildman–Crippen MR) is 107 cm³/mol. The molecular formula is C18H22N2O3S3. The van der Waals surface area contributed by atoms with E-state index < -0.39 is 9.84 Å². The van der Waals surface area contributed by atoms with Crippen LogP contribution in [0.4, 0.5) is 0 Å². The molecule has 0 radical (unpaired) electrons. The molecule has 1 aromatic carbocycles. The summed E-state index contributed by atoms with van der Waals surface area (Å²) in [7, 11) is -3.00. The summed E-state index contributed by atoms with van der Waals surface area (Å²) in [5.74, 6) is 0.568. The molecule has 140 valence electrons. The van der Waals surface area contributed by atoms with Crippen LogP contribution in [0, 0.1) is 0 Å². The van der Waals surface area contributed by atoms with Crippen LogP contribution >= 0.6 is 23.1 Å². The number of thiazole rings is 1. The first-order valence-electron chi connectivity index (χ1n) is 8.62. The fourth-order valence-corrected chi connectivity index (χ4v) is 6.50. The number of hydrogen-bond acceptors (Lipinski definition) is 6. The summed E-state index contributed by atoms with van der Waals surface area (Å²) < 4.78 is 24.3. The van der Waals surface area contributed by atoms with Gasteiger partial charge >= 0.3 is 0 Å². The Bertz CT molecular complexity index is 850. The van der Waals surface area contributed by atoms with Gasteiger partial charge in [-0.15, -0.1) is 11.3 Å². The summed E-state index contributed by atoms with van der Waals surface area (Å²) in [4.78, 5) is 19.0. The van der Waals surface area contributed by atoms with Crippen molar-refractivity contribution in [2.75, 3.05) is 23.8 Å². The van der Waals surface area contributed by atoms with Crippen LogP contribution < -0.4 is 0 Å². The van der Waals surface area contributed by atoms with E-state index in [4.69, 9.17) is 0 Å². The number of aromatic nitrogens is 1. The van der Waals surface area contributed by atoms with E-state index in [9.17, 15) is 13.2 Å². The highest BCUT2D eigenvalue weighted by Gasteiger charge is 2.34. The largest absolute Gasteiger partial charge is 0.338 e. The van der Waals surface area contributed by atoms with Crippen LogP contribution in [0.1, 0.15) is 19.8 Å². The fraction of sp³-hybridized carbons (Fsp3) is 0.444. The predicted octanol–water partition coefficient (Wildman–Crippen LogP) is 3.33. The third kappa shape index (κ3) is 4.86. The van der Waals surface area contributed by atoms with E-state index in [1.54, 1.807) is 4.90 Å². The summed E-state index contributed by atoms with van der Waals surface area (Å²) in [5, 5.41) is 2.00. The molecule has 5 nitrogen and oxygen atoms in total. The average Bonchev–Trinajstić information content (AvgIpc) is 3.24. The standard InChI is InChI=1S/C18H22N2O3S3/c1-2-9-20(15-8-10-26(22,23)13-15)17(21)12-25-18-19-16(11-24-18)14-6-4-3-5-7-14/h3-7,11,15H,2,8-10,12-13H2,1H3. The second kappa shape index (κ2) is 8.54. The van der Waals surface area contributed by atoms with Gasteiger partial charge in [0.25, 0.3) is 0 Å². The van der Waals surface area contributed by atoms with E-state index in [0.29, 0.717) is 13.0 Å². The first-order valence-corrected chi connectivity index (χ1v) is 12.3. The lowest BCUT2D eigenvalue weighted by atomic mass is 10.2. The zero-order valence-corrected chi connectivity index (χ0v) is 17.1. The van der Waals surface area contributed by atoms with E-state index >= 15 is 0 Å². The molecule has 1 unspecified atom stereocenters. The van der Waals surface area contributed by atoms with Crippen LogP contribution in [-0.4, -0.2) is 54.1 Å². The molecule has 1 saturated heterocycles. The smallest absolute Gasteiger partial charge is 0.233 e. The van der Waals surface area contributed by atoms with Crippen molar-refractivity contribution in [2.24, 2.45) is 0 Å². The van der Waals surface area contributed by atoms with Crippen molar-refractivity contribution >= 4 is 38.8 Å². The Morgan fingerprint density at radius 3 is 2.77 bits per heavy atom. The average molecular weight is 411 g/mol. The molecule has 0 aliphatic carbocycles. The van der Waals surface area contributed by atoms with Gasteiger partial charge in [-0.05, 0) is 12.8 Å². The highest BCUT2D eigenvalue weighted by molar-refractivity contribution is 8.01. The second-order valence-corrected chi connectivity index (χ2v) is 10.6. The number of nitrogens with zero attached hydrogens (tertiary/aromatic N) is 2. The van der Waals surface area contributed by atoms with Gasteiger partial charge in [-0.25, -0.2) is 13.4 Å². The number of amides is 1. The molecule has 0 bridgehead atoms. The topological polar surface area (TPSA) is 67.3 Å². The van der Waals surface area contributed by atoms with Gasteiger partial charge in [0.05, 0.1) is 23.0 Å². The molecular weight excluding hydrogens is 388 g/mol. The summed E-state index contributed by atoms with van der Waals surface area (Å²) in [6.07, 6.45) is 1.37. The summed E-state index contributed by atoms with van der Waals surface area (Å²) in [6, 6.07) is 9.77. The maximum atomic E-state index is 12.7. The maximum Gasteiger partial charge on any atom is 0.233 e. The maximum absolute atomic E-state index is 12.7. The molecule has 1 atom stereocenters. The first kappa shape index (κ1) is 19.4. The van der Waals surface area contributed by atoms with Crippen molar-refractivity contribution in [3.8, 4) is 11.3 Å². The zero-order valence-electron chi connectivity index (χ0n) is 14.6. The van der Waals surface area contributed by atoms with Crippen LogP contribution in [-0.2, 0) is 14.6 Å². The Kier molecular flexibility index (Phi) is 6.37. The Morgan fingerprint density at radius 2 is 2.12 bits per heavy atom. The van der Waals surface area contributed by atoms with Crippen molar-refractivity contribution in [1.82, 2.24) is 9.88 Å². The summed E-state index contributed by atoms with van der Waals surface area (Å²) in [6.45, 7) is 2.61. The normalized spacial score (nSPS) is 18.7. The third-order valence-electron chi connectivity index (χ3n) is 4.31. The van der Waals surface area contributed by atoms with E-state index in [1.165, 1.54) is 23.1 Å². The van der Waals surface area contributed by atoms with Gasteiger partial charge in [-0.3, -0.25) is 4.79 Å². The number of sulfone groups is 1. The van der Waals surface area contributed by atoms with E-state index in [1.807, 2.05) is 42.6 Å². The number of hydrogen-bond donors (Lipinski definition) is 0. The Labute approximate surface area is 162 Å². The minimum atomic E-state index is -3.00. The molecule has 0 saturated carbocycles. The van der Waals surface area contributed by atoms with Gasteiger partial charge in [0.15, 0.2) is 14.2 Å². The van der Waals surface area contributed by atoms with Gasteiger partial charge < -0.3 is 4.90 Å². The molecule has 0 spiro atoms. The van der Waals surface area contributed by atoms with E-state index in [2.05, 4.69) is 4.98 Å². The lowest BCUT2D eigenvalue weighted by molar-refractivity contribution is -0.130. The number of rotatable bonds is 7. The second-order valence-electron chi connectivity index (χ2n) is 6.30. The number of carbonyl (C=O) groups is 1. The van der Waals surface area contributed by atoms with Crippen molar-refractivity contribution in [3.63, 3.8) is 0 Å². The van der Waals surface area contributed by atoms with Gasteiger partial charge in [-0.1, -0.05) is 49.0 Å². The SMILES string of the molecule is CCCN(C(=O)CSc1nc(-c2ccccc2)cs1)C1CCS(=O)(=O)C1. The molecule has 8 heteroatoms. The molecule has 1 aliphatic rings. The molecule has 2 aromatic rings. The Morgan fingerprint density at radius 1 is 1.35 bits per heavy atom. The van der Waals surface area contributed by atoms with Crippen molar-refractivity contribution in [3.05, 3.63) is 35.7 Å². The number of benzene rings is 1. The van der Waals surface area contributed by atoms with Crippen LogP contribution in [0.15, 0.2) is 40.1 Å². The first-order chi connectivity index (χ1) is 12.5. The number of thioether (sulfide) groups is 1. The molecule has 26 heavy (non-hydrogen) atoms. The lowest BCUT2D eigenvalue weighted by Gasteiger charge is -2.27. The van der Waals surface area contributed by atoms with Crippen LogP contribution in [0.25, 0.3) is 11.3 Å². The van der Waals surface area contributed by atoms with Gasteiger partial charge in [0.2, 0.25) is 5.91 Å². The fourth-order valence-electron chi connectivity index (χ4n) is 3.04. The Hall–Kier alpha value is -1.38. The Balaban J connectivity index is 1.61. The zero-order chi connectivity index (χ0) is 18.6. The third-order valence-corrected chi connectivity index (χ3v) is 8.06. The minimum Gasteiger partial charge on any atom is -0.338 e. The van der Waals surface area contributed by atoms with Crippen LogP contribution in [0.5, 0.6) is 0 Å². The minimum absolute atomic E-state index is 0.00425. The monoisotopic (exact) mass is 410 g/mol. The van der Waals surface area contributed by atoms with Gasteiger partial charge in [0.1, 0.15) is 0 Å². The highest BCUT2D eigenvalue weighted by Crippen LogP contribution is 2.29. The molecule has 0 N–H and O–H groups in total. The van der Waals surface area contributed by atoms with Crippen molar-refractivity contribution < 1.29 is 13.2 Å². The molecule has 1 aliphatic heterocycles. The van der Waals surface area contributed by atoms with Gasteiger partial charge in [0, 0.05) is 23.5 Å². The van der Waals surface area contributed by atoms with Crippen molar-refractivity contribution in [1.29, 1.82) is 0 Å². The van der Waals surface area contributed by atoms with Crippen molar-refractivity contribution in [2.45, 2.75) is 30.1 Å². The molecule has 1 aromatic heterocycles. The molecule has 2 heterocycles. The summed E-state index contributed by atoms with van der Waals surface area (Å²) in [5.41, 5.74) is 1.98. The quantitative estimate of drug-likeness (QED) is 0.655. The molecule has 1 amide bonds. The lowest BCUT2D eigenvalue weighted by Crippen LogP contribution is -2.42. The van der Waals surface area contributed by atoms with Crippen LogP contribution in [0.2, 0.25) is 0 Å². The van der Waals surface area contributed by atoms with E-state index in [0.717, 1.165) is 22.0 Å².